The molecule has 0 N–H and O–H groups in total. The Balaban J connectivity index is 1.94. The zero-order chi connectivity index (χ0) is 20.9. The minimum Gasteiger partial charge on any atom is -0.270 e. The molecule has 0 saturated carbocycles. The van der Waals surface area contributed by atoms with Gasteiger partial charge in [-0.3, -0.25) is 4.79 Å². The van der Waals surface area contributed by atoms with Gasteiger partial charge in [0.25, 0.3) is 11.7 Å². The van der Waals surface area contributed by atoms with Gasteiger partial charge in [0.05, 0.1) is 17.5 Å². The molecule has 10 heteroatoms. The van der Waals surface area contributed by atoms with E-state index in [1.54, 1.807) is 36.4 Å². The lowest BCUT2D eigenvalue weighted by Crippen LogP contribution is -2.30. The van der Waals surface area contributed by atoms with Crippen molar-refractivity contribution < 1.29 is 18.0 Å². The normalized spacial score (nSPS) is 11.4. The van der Waals surface area contributed by atoms with Gasteiger partial charge in [-0.05, 0) is 23.8 Å². The monoisotopic (exact) mass is 398 g/mol. The van der Waals surface area contributed by atoms with Crippen LogP contribution in [-0.4, -0.2) is 26.9 Å². The molecule has 0 saturated heterocycles. The number of aromatic nitrogens is 3. The number of hydrazone groups is 1. The van der Waals surface area contributed by atoms with Crippen LogP contribution in [0.5, 0.6) is 0 Å². The summed E-state index contributed by atoms with van der Waals surface area (Å²) in [5, 5.41) is 17.5. The Bertz CT molecular complexity index is 1070. The van der Waals surface area contributed by atoms with Gasteiger partial charge in [-0.15, -0.1) is 5.10 Å². The zero-order valence-corrected chi connectivity index (χ0v) is 14.8. The Kier molecular flexibility index (Phi) is 5.69. The smallest absolute Gasteiger partial charge is 0.270 e. The van der Waals surface area contributed by atoms with Crippen LogP contribution in [0.25, 0.3) is 0 Å². The number of hydrogen-bond donors (Lipinski definition) is 0. The molecule has 0 aliphatic carbocycles. The van der Waals surface area contributed by atoms with Crippen molar-refractivity contribution in [2.24, 2.45) is 5.10 Å². The van der Waals surface area contributed by atoms with E-state index >= 15 is 0 Å². The van der Waals surface area contributed by atoms with E-state index in [2.05, 4.69) is 15.2 Å². The Hall–Kier alpha value is -4.00. The summed E-state index contributed by atoms with van der Waals surface area (Å²) < 4.78 is 40.3. The van der Waals surface area contributed by atoms with Crippen molar-refractivity contribution in [2.45, 2.75) is 12.7 Å². The van der Waals surface area contributed by atoms with Crippen LogP contribution in [0.3, 0.4) is 0 Å². The van der Waals surface area contributed by atoms with Gasteiger partial charge in [-0.25, -0.2) is 9.67 Å². The first-order valence-corrected chi connectivity index (χ1v) is 8.25. The Labute approximate surface area is 163 Å². The molecule has 0 atom stereocenters. The van der Waals surface area contributed by atoms with Crippen molar-refractivity contribution in [1.29, 1.82) is 5.26 Å². The number of benzene rings is 2. The summed E-state index contributed by atoms with van der Waals surface area (Å²) in [6, 6.07) is 14.8. The van der Waals surface area contributed by atoms with Gasteiger partial charge in [0, 0.05) is 0 Å². The highest BCUT2D eigenvalue weighted by atomic mass is 19.4. The Morgan fingerprint density at radius 1 is 1.21 bits per heavy atom. The maximum atomic E-state index is 13.1. The third-order valence-corrected chi connectivity index (χ3v) is 3.71. The van der Waals surface area contributed by atoms with E-state index in [-0.39, 0.29) is 18.1 Å². The van der Waals surface area contributed by atoms with E-state index in [0.717, 1.165) is 21.8 Å². The summed E-state index contributed by atoms with van der Waals surface area (Å²) in [5.74, 6) is -0.790. The summed E-state index contributed by atoms with van der Waals surface area (Å²) in [5.41, 5.74) is -0.308. The largest absolute Gasteiger partial charge is 0.416 e. The number of nitrogens with zero attached hydrogens (tertiary/aromatic N) is 6. The molecule has 3 aromatic rings. The highest BCUT2D eigenvalue weighted by Gasteiger charge is 2.31. The van der Waals surface area contributed by atoms with Gasteiger partial charge in [-0.2, -0.15) is 28.5 Å². The summed E-state index contributed by atoms with van der Waals surface area (Å²) in [4.78, 5) is 16.4. The minimum absolute atomic E-state index is 0.0578. The van der Waals surface area contributed by atoms with E-state index in [4.69, 9.17) is 5.26 Å². The second-order valence-electron chi connectivity index (χ2n) is 5.79. The highest BCUT2D eigenvalue weighted by Crippen LogP contribution is 2.31. The number of carbonyl (C=O) groups excluding carboxylic acids is 1. The van der Waals surface area contributed by atoms with Gasteiger partial charge < -0.3 is 0 Å². The zero-order valence-electron chi connectivity index (χ0n) is 14.8. The van der Waals surface area contributed by atoms with Gasteiger partial charge in [0.2, 0.25) is 0 Å². The third kappa shape index (κ3) is 5.04. The molecule has 7 nitrogen and oxygen atoms in total. The van der Waals surface area contributed by atoms with Gasteiger partial charge in [-0.1, -0.05) is 36.4 Å². The second kappa shape index (κ2) is 8.35. The number of hydrogen-bond acceptors (Lipinski definition) is 5. The molecule has 0 spiro atoms. The standard InChI is InChI=1S/C19H13F3N6O/c20-19(21,22)15-7-4-8-16(9-15)28(25-11-14-5-2-1-3-6-14)18(29)12-27-13-24-17(10-23)26-27/h1-9,11,13H,12H2/b25-11+. The number of carbonyl (C=O) groups is 1. The van der Waals surface area contributed by atoms with E-state index in [1.165, 1.54) is 24.7 Å². The third-order valence-electron chi connectivity index (χ3n) is 3.71. The molecule has 0 aliphatic heterocycles. The second-order valence-corrected chi connectivity index (χ2v) is 5.79. The fraction of sp³-hybridized carbons (Fsp3) is 0.105. The molecule has 1 aromatic heterocycles. The van der Waals surface area contributed by atoms with Gasteiger partial charge >= 0.3 is 6.18 Å². The molecule has 0 bridgehead atoms. The van der Waals surface area contributed by atoms with Crippen LogP contribution in [0.15, 0.2) is 66.0 Å². The SMILES string of the molecule is N#Cc1ncn(CC(=O)N(/N=C/c2ccccc2)c2cccc(C(F)(F)F)c2)n1. The molecule has 0 aliphatic rings. The quantitative estimate of drug-likeness (QED) is 0.488. The molecule has 2 aromatic carbocycles. The van der Waals surface area contributed by atoms with Crippen LogP contribution in [-0.2, 0) is 17.5 Å². The van der Waals surface area contributed by atoms with Gasteiger partial charge in [0.1, 0.15) is 18.9 Å². The first-order chi connectivity index (χ1) is 13.9. The molecule has 0 fully saturated rings. The lowest BCUT2D eigenvalue weighted by atomic mass is 10.2. The summed E-state index contributed by atoms with van der Waals surface area (Å²) >= 11 is 0. The van der Waals surface area contributed by atoms with Crippen LogP contribution >= 0.6 is 0 Å². The number of rotatable bonds is 5. The van der Waals surface area contributed by atoms with Crippen molar-refractivity contribution in [3.63, 3.8) is 0 Å². The van der Waals surface area contributed by atoms with Crippen molar-refractivity contribution in [3.05, 3.63) is 77.9 Å². The van der Waals surface area contributed by atoms with Crippen molar-refractivity contribution in [3.8, 4) is 6.07 Å². The predicted octanol–water partition coefficient (Wildman–Crippen LogP) is 3.24. The molecule has 29 heavy (non-hydrogen) atoms. The molecule has 0 radical (unpaired) electrons. The number of alkyl halides is 3. The van der Waals surface area contributed by atoms with Crippen LogP contribution < -0.4 is 5.01 Å². The lowest BCUT2D eigenvalue weighted by Gasteiger charge is -2.18. The fourth-order valence-corrected chi connectivity index (χ4v) is 2.38. The minimum atomic E-state index is -4.57. The molecule has 146 valence electrons. The summed E-state index contributed by atoms with van der Waals surface area (Å²) in [7, 11) is 0. The molecule has 3 rings (SSSR count). The predicted molar refractivity (Wildman–Crippen MR) is 97.7 cm³/mol. The van der Waals surface area contributed by atoms with Gasteiger partial charge in [0.15, 0.2) is 0 Å². The van der Waals surface area contributed by atoms with Crippen LogP contribution in [0.4, 0.5) is 18.9 Å². The van der Waals surface area contributed by atoms with E-state index in [1.807, 2.05) is 0 Å². The number of amides is 1. The van der Waals surface area contributed by atoms with Crippen LogP contribution in [0, 0.1) is 11.3 Å². The summed E-state index contributed by atoms with van der Waals surface area (Å²) in [6.45, 7) is -0.364. The molecule has 0 unspecified atom stereocenters. The van der Waals surface area contributed by atoms with E-state index in [0.29, 0.717) is 5.56 Å². The van der Waals surface area contributed by atoms with E-state index < -0.39 is 17.6 Å². The van der Waals surface area contributed by atoms with Crippen molar-refractivity contribution in [1.82, 2.24) is 14.8 Å². The fourth-order valence-electron chi connectivity index (χ4n) is 2.38. The first-order valence-electron chi connectivity index (χ1n) is 8.25. The number of halogens is 3. The van der Waals surface area contributed by atoms with Crippen LogP contribution in [0.1, 0.15) is 17.0 Å². The maximum absolute atomic E-state index is 13.1. The maximum Gasteiger partial charge on any atom is 0.416 e. The average Bonchev–Trinajstić information content (AvgIpc) is 3.16. The number of anilines is 1. The summed E-state index contributed by atoms with van der Waals surface area (Å²) in [6.07, 6.45) is -2.02. The Morgan fingerprint density at radius 3 is 2.62 bits per heavy atom. The van der Waals surface area contributed by atoms with E-state index in [9.17, 15) is 18.0 Å². The average molecular weight is 398 g/mol. The molecular formula is C19H13F3N6O. The molecule has 1 heterocycles. The first kappa shape index (κ1) is 19.8. The molecular weight excluding hydrogens is 385 g/mol. The highest BCUT2D eigenvalue weighted by molar-refractivity contribution is 5.95. The van der Waals surface area contributed by atoms with Crippen molar-refractivity contribution in [2.75, 3.05) is 5.01 Å². The molecule has 1 amide bonds. The van der Waals surface area contributed by atoms with Crippen molar-refractivity contribution >= 4 is 17.8 Å². The Morgan fingerprint density at radius 2 is 1.97 bits per heavy atom. The lowest BCUT2D eigenvalue weighted by molar-refractivity contribution is -0.137. The number of nitriles is 1. The van der Waals surface area contributed by atoms with Crippen LogP contribution in [0.2, 0.25) is 0 Å². The topological polar surface area (TPSA) is 87.2 Å².